The summed E-state index contributed by atoms with van der Waals surface area (Å²) < 4.78 is 5.58. The summed E-state index contributed by atoms with van der Waals surface area (Å²) in [7, 11) is 1.91. The van der Waals surface area contributed by atoms with Crippen LogP contribution in [0.4, 0.5) is 0 Å². The number of aliphatic hydroxyl groups is 1. The molecule has 1 heterocycles. The third kappa shape index (κ3) is 3.04. The van der Waals surface area contributed by atoms with Crippen LogP contribution >= 0.6 is 0 Å². The predicted octanol–water partition coefficient (Wildman–Crippen LogP) is 1.20. The number of likely N-dealkylation sites (N-methyl/N-ethyl adjacent to an activating group) is 1. The first-order valence-corrected chi connectivity index (χ1v) is 7.22. The van der Waals surface area contributed by atoms with E-state index >= 15 is 0 Å². The van der Waals surface area contributed by atoms with Crippen molar-refractivity contribution in [3.63, 3.8) is 0 Å². The second-order valence-corrected chi connectivity index (χ2v) is 6.14. The molecule has 0 saturated carbocycles. The third-order valence-electron chi connectivity index (χ3n) is 4.35. The minimum absolute atomic E-state index is 0.00962. The Kier molecular flexibility index (Phi) is 4.81. The van der Waals surface area contributed by atoms with Crippen LogP contribution in [0.1, 0.15) is 19.4 Å². The van der Waals surface area contributed by atoms with E-state index in [-0.39, 0.29) is 12.1 Å². The number of nitrogens with one attached hydrogen (secondary N) is 1. The first-order valence-electron chi connectivity index (χ1n) is 7.22. The number of morpholine rings is 1. The Balaban J connectivity index is 2.25. The summed E-state index contributed by atoms with van der Waals surface area (Å²) in [6.45, 7) is 7.59. The molecule has 0 aliphatic carbocycles. The van der Waals surface area contributed by atoms with Crippen LogP contribution in [-0.2, 0) is 10.3 Å². The molecule has 2 rings (SSSR count). The normalized spacial score (nSPS) is 22.4. The van der Waals surface area contributed by atoms with Crippen LogP contribution in [0.2, 0.25) is 0 Å². The second kappa shape index (κ2) is 6.22. The predicted molar refractivity (Wildman–Crippen MR) is 80.7 cm³/mol. The Hall–Kier alpha value is -0.940. The van der Waals surface area contributed by atoms with Crippen LogP contribution in [-0.4, -0.2) is 55.5 Å². The summed E-state index contributed by atoms with van der Waals surface area (Å²) >= 11 is 0. The van der Waals surface area contributed by atoms with Gasteiger partial charge in [-0.3, -0.25) is 4.90 Å². The van der Waals surface area contributed by atoms with E-state index in [0.29, 0.717) is 0 Å². The highest BCUT2D eigenvalue weighted by molar-refractivity contribution is 5.25. The smallest absolute Gasteiger partial charge is 0.0795 e. The molecular formula is C16H26N2O2. The number of ether oxygens (including phenoxy) is 1. The average molecular weight is 278 g/mol. The molecule has 1 aliphatic rings. The van der Waals surface area contributed by atoms with Crippen molar-refractivity contribution in [2.45, 2.75) is 24.9 Å². The van der Waals surface area contributed by atoms with E-state index in [1.165, 1.54) is 0 Å². The number of rotatable bonds is 5. The second-order valence-electron chi connectivity index (χ2n) is 6.14. The van der Waals surface area contributed by atoms with Gasteiger partial charge in [0, 0.05) is 18.6 Å². The minimum Gasteiger partial charge on any atom is -0.394 e. The monoisotopic (exact) mass is 278 g/mol. The van der Waals surface area contributed by atoms with E-state index in [9.17, 15) is 5.11 Å². The fourth-order valence-electron chi connectivity index (χ4n) is 2.80. The molecule has 0 bridgehead atoms. The topological polar surface area (TPSA) is 44.7 Å². The fourth-order valence-corrected chi connectivity index (χ4v) is 2.80. The van der Waals surface area contributed by atoms with Gasteiger partial charge in [-0.15, -0.1) is 0 Å². The summed E-state index contributed by atoms with van der Waals surface area (Å²) in [5, 5.41) is 13.3. The van der Waals surface area contributed by atoms with Crippen LogP contribution in [0.5, 0.6) is 0 Å². The SMILES string of the molecule is CNC(CO)(CN1CCOCC1(C)C)c1ccccc1. The standard InChI is InChI=1S/C16H26N2O2/c1-15(2)13-20-10-9-18(15)11-16(12-19,17-3)14-7-5-4-6-8-14/h4-8,17,19H,9-13H2,1-3H3. The van der Waals surface area contributed by atoms with Gasteiger partial charge in [0.25, 0.3) is 0 Å². The lowest BCUT2D eigenvalue weighted by Gasteiger charge is -2.47. The molecule has 1 aromatic carbocycles. The molecule has 4 nitrogen and oxygen atoms in total. The number of benzene rings is 1. The zero-order valence-electron chi connectivity index (χ0n) is 12.7. The molecule has 0 radical (unpaired) electrons. The molecule has 1 saturated heterocycles. The maximum atomic E-state index is 10.0. The van der Waals surface area contributed by atoms with Gasteiger partial charge in [-0.25, -0.2) is 0 Å². The molecule has 20 heavy (non-hydrogen) atoms. The Morgan fingerprint density at radius 3 is 2.60 bits per heavy atom. The van der Waals surface area contributed by atoms with Gasteiger partial charge in [-0.05, 0) is 26.5 Å². The van der Waals surface area contributed by atoms with Crippen molar-refractivity contribution >= 4 is 0 Å². The average Bonchev–Trinajstić information content (AvgIpc) is 2.47. The molecule has 1 atom stereocenters. The van der Waals surface area contributed by atoms with Gasteiger partial charge >= 0.3 is 0 Å². The zero-order valence-corrected chi connectivity index (χ0v) is 12.7. The van der Waals surface area contributed by atoms with Crippen molar-refractivity contribution in [3.05, 3.63) is 35.9 Å². The molecule has 1 aromatic rings. The summed E-state index contributed by atoms with van der Waals surface area (Å²) in [5.74, 6) is 0. The van der Waals surface area contributed by atoms with Gasteiger partial charge in [0.05, 0.1) is 25.4 Å². The molecule has 112 valence electrons. The maximum absolute atomic E-state index is 10.0. The van der Waals surface area contributed by atoms with Crippen molar-refractivity contribution in [2.75, 3.05) is 40.0 Å². The van der Waals surface area contributed by atoms with Gasteiger partial charge in [-0.2, -0.15) is 0 Å². The Labute approximate surface area is 121 Å². The number of hydrogen-bond acceptors (Lipinski definition) is 4. The van der Waals surface area contributed by atoms with Crippen molar-refractivity contribution in [3.8, 4) is 0 Å². The molecule has 0 amide bonds. The molecular weight excluding hydrogens is 252 g/mol. The Morgan fingerprint density at radius 1 is 1.35 bits per heavy atom. The van der Waals surface area contributed by atoms with E-state index in [1.54, 1.807) is 0 Å². The van der Waals surface area contributed by atoms with E-state index < -0.39 is 5.54 Å². The highest BCUT2D eigenvalue weighted by Gasteiger charge is 2.38. The molecule has 2 N–H and O–H groups in total. The van der Waals surface area contributed by atoms with Crippen molar-refractivity contribution in [2.24, 2.45) is 0 Å². The molecule has 0 spiro atoms. The molecule has 0 aromatic heterocycles. The summed E-state index contributed by atoms with van der Waals surface area (Å²) in [4.78, 5) is 2.40. The highest BCUT2D eigenvalue weighted by Crippen LogP contribution is 2.27. The number of hydrogen-bond donors (Lipinski definition) is 2. The summed E-state index contributed by atoms with van der Waals surface area (Å²) in [6.07, 6.45) is 0. The van der Waals surface area contributed by atoms with Crippen LogP contribution in [0, 0.1) is 0 Å². The quantitative estimate of drug-likeness (QED) is 0.849. The van der Waals surface area contributed by atoms with Crippen molar-refractivity contribution in [1.82, 2.24) is 10.2 Å². The lowest BCUT2D eigenvalue weighted by molar-refractivity contribution is -0.0668. The molecule has 1 unspecified atom stereocenters. The lowest BCUT2D eigenvalue weighted by atomic mass is 9.88. The largest absolute Gasteiger partial charge is 0.394 e. The van der Waals surface area contributed by atoms with Crippen molar-refractivity contribution < 1.29 is 9.84 Å². The van der Waals surface area contributed by atoms with Gasteiger partial charge in [0.1, 0.15) is 0 Å². The van der Waals surface area contributed by atoms with E-state index in [2.05, 4.69) is 36.2 Å². The van der Waals surface area contributed by atoms with Crippen LogP contribution < -0.4 is 5.32 Å². The third-order valence-corrected chi connectivity index (χ3v) is 4.35. The van der Waals surface area contributed by atoms with Gasteiger partial charge in [0.2, 0.25) is 0 Å². The Bertz CT molecular complexity index is 416. The number of nitrogens with zero attached hydrogens (tertiary/aromatic N) is 1. The van der Waals surface area contributed by atoms with Crippen LogP contribution in [0.15, 0.2) is 30.3 Å². The van der Waals surface area contributed by atoms with Crippen LogP contribution in [0.25, 0.3) is 0 Å². The molecule has 4 heteroatoms. The summed E-state index contributed by atoms with van der Waals surface area (Å²) in [5.41, 5.74) is 0.674. The lowest BCUT2D eigenvalue weighted by Crippen LogP contribution is -2.61. The first kappa shape index (κ1) is 15.4. The molecule has 1 aliphatic heterocycles. The maximum Gasteiger partial charge on any atom is 0.0795 e. The van der Waals surface area contributed by atoms with E-state index in [0.717, 1.165) is 31.9 Å². The van der Waals surface area contributed by atoms with Gasteiger partial charge < -0.3 is 15.2 Å². The van der Waals surface area contributed by atoms with Gasteiger partial charge in [-0.1, -0.05) is 30.3 Å². The molecule has 1 fully saturated rings. The van der Waals surface area contributed by atoms with Crippen molar-refractivity contribution in [1.29, 1.82) is 0 Å². The number of aliphatic hydroxyl groups excluding tert-OH is 1. The highest BCUT2D eigenvalue weighted by atomic mass is 16.5. The van der Waals surface area contributed by atoms with Crippen LogP contribution in [0.3, 0.4) is 0 Å². The Morgan fingerprint density at radius 2 is 2.05 bits per heavy atom. The van der Waals surface area contributed by atoms with Gasteiger partial charge in [0.15, 0.2) is 0 Å². The summed E-state index contributed by atoms with van der Waals surface area (Å²) in [6, 6.07) is 10.2. The van der Waals surface area contributed by atoms with E-state index in [1.807, 2.05) is 25.2 Å². The first-order chi connectivity index (χ1) is 9.54. The fraction of sp³-hybridized carbons (Fsp3) is 0.625. The minimum atomic E-state index is -0.435. The zero-order chi connectivity index (χ0) is 14.6. The van der Waals surface area contributed by atoms with E-state index in [4.69, 9.17) is 4.74 Å².